The van der Waals surface area contributed by atoms with Crippen molar-refractivity contribution in [1.29, 1.82) is 0 Å². The predicted octanol–water partition coefficient (Wildman–Crippen LogP) is 2.85. The van der Waals surface area contributed by atoms with Gasteiger partial charge in [-0.1, -0.05) is 26.0 Å². The summed E-state index contributed by atoms with van der Waals surface area (Å²) in [5.41, 5.74) is 1.70. The Kier molecular flexibility index (Phi) is 2.43. The number of carbonyl (C=O) groups is 1. The molecule has 0 fully saturated rings. The fraction of sp³-hybridized carbons (Fsp3) is 0.385. The van der Waals surface area contributed by atoms with Gasteiger partial charge in [0.15, 0.2) is 5.78 Å². The number of rotatable bonds is 1. The van der Waals surface area contributed by atoms with Crippen molar-refractivity contribution in [3.63, 3.8) is 0 Å². The molecule has 78 valence electrons. The van der Waals surface area contributed by atoms with E-state index in [4.69, 9.17) is 0 Å². The highest BCUT2D eigenvalue weighted by Crippen LogP contribution is 2.34. The zero-order valence-corrected chi connectivity index (χ0v) is 9.16. The minimum Gasteiger partial charge on any atom is -0.294 e. The van der Waals surface area contributed by atoms with E-state index in [1.54, 1.807) is 6.20 Å². The van der Waals surface area contributed by atoms with Gasteiger partial charge in [-0.25, -0.2) is 0 Å². The van der Waals surface area contributed by atoms with E-state index in [1.165, 1.54) is 0 Å². The molecule has 1 aliphatic carbocycles. The molecule has 0 atom stereocenters. The first-order valence-electron chi connectivity index (χ1n) is 5.26. The lowest BCUT2D eigenvalue weighted by molar-refractivity contribution is -0.114. The smallest absolute Gasteiger partial charge is 0.164 e. The number of pyridine rings is 1. The van der Waals surface area contributed by atoms with Gasteiger partial charge in [-0.15, -0.1) is 0 Å². The lowest BCUT2D eigenvalue weighted by Crippen LogP contribution is -2.19. The summed E-state index contributed by atoms with van der Waals surface area (Å²) in [6, 6.07) is 5.67. The third-order valence-electron chi connectivity index (χ3n) is 2.77. The first-order chi connectivity index (χ1) is 7.08. The highest BCUT2D eigenvalue weighted by atomic mass is 16.1. The monoisotopic (exact) mass is 201 g/mol. The van der Waals surface area contributed by atoms with Crippen LogP contribution in [0, 0.1) is 5.41 Å². The number of carbonyl (C=O) groups excluding carboxylic acids is 1. The van der Waals surface area contributed by atoms with Gasteiger partial charge in [-0.3, -0.25) is 9.78 Å². The van der Waals surface area contributed by atoms with Crippen molar-refractivity contribution < 1.29 is 4.79 Å². The summed E-state index contributed by atoms with van der Waals surface area (Å²) in [7, 11) is 0. The Morgan fingerprint density at radius 2 is 2.13 bits per heavy atom. The first-order valence-corrected chi connectivity index (χ1v) is 5.26. The lowest BCUT2D eigenvalue weighted by atomic mass is 9.78. The fourth-order valence-electron chi connectivity index (χ4n) is 1.85. The number of allylic oxidation sites excluding steroid dienone is 2. The molecule has 0 N–H and O–H groups in total. The largest absolute Gasteiger partial charge is 0.294 e. The molecule has 0 saturated heterocycles. The van der Waals surface area contributed by atoms with Crippen molar-refractivity contribution in [2.45, 2.75) is 26.7 Å². The van der Waals surface area contributed by atoms with E-state index in [2.05, 4.69) is 24.9 Å². The molecule has 1 heterocycles. The van der Waals surface area contributed by atoms with E-state index >= 15 is 0 Å². The zero-order chi connectivity index (χ0) is 10.9. The van der Waals surface area contributed by atoms with Gasteiger partial charge >= 0.3 is 0 Å². The molecule has 0 bridgehead atoms. The molecule has 0 radical (unpaired) electrons. The third kappa shape index (κ3) is 2.14. The number of hydrogen-bond donors (Lipinski definition) is 0. The van der Waals surface area contributed by atoms with E-state index < -0.39 is 0 Å². The van der Waals surface area contributed by atoms with Crippen molar-refractivity contribution >= 4 is 11.4 Å². The predicted molar refractivity (Wildman–Crippen MR) is 60.2 cm³/mol. The molecule has 0 aromatic carbocycles. The Morgan fingerprint density at radius 1 is 1.33 bits per heavy atom. The summed E-state index contributed by atoms with van der Waals surface area (Å²) >= 11 is 0. The van der Waals surface area contributed by atoms with Crippen LogP contribution in [0.15, 0.2) is 30.5 Å². The highest BCUT2D eigenvalue weighted by Gasteiger charge is 2.26. The van der Waals surface area contributed by atoms with E-state index in [-0.39, 0.29) is 11.2 Å². The molecule has 2 nitrogen and oxygen atoms in total. The topological polar surface area (TPSA) is 30.0 Å². The normalized spacial score (nSPS) is 19.9. The lowest BCUT2D eigenvalue weighted by Gasteiger charge is -2.26. The number of hydrogen-bond acceptors (Lipinski definition) is 2. The minimum atomic E-state index is 0.112. The van der Waals surface area contributed by atoms with Crippen molar-refractivity contribution in [1.82, 2.24) is 4.98 Å². The van der Waals surface area contributed by atoms with Gasteiger partial charge in [0, 0.05) is 18.2 Å². The Hall–Kier alpha value is -1.44. The van der Waals surface area contributed by atoms with Gasteiger partial charge in [0.1, 0.15) is 0 Å². The SMILES string of the molecule is CC1(C)C=C(c2ccccn2)C(=O)CC1. The summed E-state index contributed by atoms with van der Waals surface area (Å²) in [5, 5.41) is 0. The van der Waals surface area contributed by atoms with E-state index in [0.717, 1.165) is 17.7 Å². The van der Waals surface area contributed by atoms with Gasteiger partial charge in [0.05, 0.1) is 5.69 Å². The maximum absolute atomic E-state index is 11.8. The summed E-state index contributed by atoms with van der Waals surface area (Å²) in [5.74, 6) is 0.216. The van der Waals surface area contributed by atoms with Gasteiger partial charge < -0.3 is 0 Å². The van der Waals surface area contributed by atoms with Crippen molar-refractivity contribution in [3.05, 3.63) is 36.2 Å². The van der Waals surface area contributed by atoms with Crippen molar-refractivity contribution in [3.8, 4) is 0 Å². The Labute approximate surface area is 90.0 Å². The minimum absolute atomic E-state index is 0.112. The molecule has 2 rings (SSSR count). The maximum Gasteiger partial charge on any atom is 0.164 e. The summed E-state index contributed by atoms with van der Waals surface area (Å²) in [4.78, 5) is 16.0. The van der Waals surface area contributed by atoms with Crippen molar-refractivity contribution in [2.24, 2.45) is 5.41 Å². The molecule has 0 amide bonds. The zero-order valence-electron chi connectivity index (χ0n) is 9.16. The number of nitrogens with zero attached hydrogens (tertiary/aromatic N) is 1. The van der Waals surface area contributed by atoms with Crippen LogP contribution in [0.5, 0.6) is 0 Å². The van der Waals surface area contributed by atoms with Gasteiger partial charge in [-0.05, 0) is 24.0 Å². The average Bonchev–Trinajstić information content (AvgIpc) is 2.23. The summed E-state index contributed by atoms with van der Waals surface area (Å²) < 4.78 is 0. The summed E-state index contributed by atoms with van der Waals surface area (Å²) in [6.45, 7) is 4.31. The Balaban J connectivity index is 2.43. The molecule has 0 aliphatic heterocycles. The van der Waals surface area contributed by atoms with Gasteiger partial charge in [0.25, 0.3) is 0 Å². The molecule has 15 heavy (non-hydrogen) atoms. The van der Waals surface area contributed by atoms with E-state index in [9.17, 15) is 4.79 Å². The van der Waals surface area contributed by atoms with Crippen LogP contribution in [0.1, 0.15) is 32.4 Å². The third-order valence-corrected chi connectivity index (χ3v) is 2.77. The molecular weight excluding hydrogens is 186 g/mol. The molecule has 1 aromatic heterocycles. The van der Waals surface area contributed by atoms with Crippen LogP contribution in [-0.4, -0.2) is 10.8 Å². The van der Waals surface area contributed by atoms with Crippen LogP contribution in [0.3, 0.4) is 0 Å². The molecular formula is C13H15NO. The van der Waals surface area contributed by atoms with Crippen LogP contribution < -0.4 is 0 Å². The van der Waals surface area contributed by atoms with Crippen LogP contribution in [0.2, 0.25) is 0 Å². The maximum atomic E-state index is 11.8. The second kappa shape index (κ2) is 3.61. The quantitative estimate of drug-likeness (QED) is 0.699. The second-order valence-corrected chi connectivity index (χ2v) is 4.68. The van der Waals surface area contributed by atoms with Crippen molar-refractivity contribution in [2.75, 3.05) is 0 Å². The van der Waals surface area contributed by atoms with E-state index in [1.807, 2.05) is 18.2 Å². The fourth-order valence-corrected chi connectivity index (χ4v) is 1.85. The molecule has 0 spiro atoms. The number of aromatic nitrogens is 1. The Bertz CT molecular complexity index is 404. The van der Waals surface area contributed by atoms with Gasteiger partial charge in [0.2, 0.25) is 0 Å². The van der Waals surface area contributed by atoms with E-state index in [0.29, 0.717) is 6.42 Å². The average molecular weight is 201 g/mol. The molecule has 2 heteroatoms. The molecule has 0 saturated carbocycles. The molecule has 0 unspecified atom stereocenters. The highest BCUT2D eigenvalue weighted by molar-refractivity contribution is 6.20. The standard InChI is InChI=1S/C13H15NO/c1-13(2)7-6-12(15)10(9-13)11-5-3-4-8-14-11/h3-5,8-9H,6-7H2,1-2H3. The second-order valence-electron chi connectivity index (χ2n) is 4.68. The van der Waals surface area contributed by atoms with Crippen LogP contribution in [0.4, 0.5) is 0 Å². The Morgan fingerprint density at radius 3 is 2.80 bits per heavy atom. The van der Waals surface area contributed by atoms with Crippen LogP contribution in [-0.2, 0) is 4.79 Å². The summed E-state index contributed by atoms with van der Waals surface area (Å²) in [6.07, 6.45) is 5.35. The van der Waals surface area contributed by atoms with Gasteiger partial charge in [-0.2, -0.15) is 0 Å². The first kappa shape index (κ1) is 10.1. The molecule has 1 aromatic rings. The number of Topliss-reactive ketones (excluding diaryl/α,β-unsaturated/α-hetero) is 1. The molecule has 1 aliphatic rings. The van der Waals surface area contributed by atoms with Crippen LogP contribution >= 0.6 is 0 Å². The van der Waals surface area contributed by atoms with Crippen LogP contribution in [0.25, 0.3) is 5.57 Å². The number of ketones is 1.